The molecular weight excluding hydrogens is 322 g/mol. The number of carbonyl (C=O) groups is 1. The van der Waals surface area contributed by atoms with E-state index in [2.05, 4.69) is 15.9 Å². The Bertz CT molecular complexity index is 607. The van der Waals surface area contributed by atoms with Crippen LogP contribution in [0.3, 0.4) is 0 Å². The molecule has 18 heavy (non-hydrogen) atoms. The standard InChI is InChI=1S/C13H9BrClFO2/c1-2-10-7(5-6-18-10)13(17)8-3-4-9(14)11(15)12(8)16/h3-6H,2H2,1H3. The van der Waals surface area contributed by atoms with E-state index in [0.29, 0.717) is 22.2 Å². The molecule has 2 nitrogen and oxygen atoms in total. The van der Waals surface area contributed by atoms with Gasteiger partial charge in [0, 0.05) is 10.9 Å². The lowest BCUT2D eigenvalue weighted by Gasteiger charge is -2.05. The fourth-order valence-electron chi connectivity index (χ4n) is 1.66. The summed E-state index contributed by atoms with van der Waals surface area (Å²) >= 11 is 8.87. The van der Waals surface area contributed by atoms with Gasteiger partial charge >= 0.3 is 0 Å². The van der Waals surface area contributed by atoms with Gasteiger partial charge in [0.05, 0.1) is 22.4 Å². The minimum absolute atomic E-state index is 0.0562. The Hall–Kier alpha value is -1.13. The molecule has 0 fully saturated rings. The molecule has 1 aromatic heterocycles. The first-order valence-electron chi connectivity index (χ1n) is 5.30. The lowest BCUT2D eigenvalue weighted by molar-refractivity contribution is 0.103. The molecule has 0 unspecified atom stereocenters. The summed E-state index contributed by atoms with van der Waals surface area (Å²) in [5.41, 5.74) is 0.314. The molecule has 5 heteroatoms. The summed E-state index contributed by atoms with van der Waals surface area (Å²) in [4.78, 5) is 12.2. The van der Waals surface area contributed by atoms with Crippen molar-refractivity contribution in [3.05, 3.63) is 56.7 Å². The van der Waals surface area contributed by atoms with Gasteiger partial charge in [-0.25, -0.2) is 4.39 Å². The molecule has 0 amide bonds. The van der Waals surface area contributed by atoms with Gasteiger partial charge in [-0.15, -0.1) is 0 Å². The van der Waals surface area contributed by atoms with Crippen molar-refractivity contribution in [1.29, 1.82) is 0 Å². The van der Waals surface area contributed by atoms with Crippen LogP contribution in [0.15, 0.2) is 33.4 Å². The molecule has 0 spiro atoms. The van der Waals surface area contributed by atoms with Crippen molar-refractivity contribution < 1.29 is 13.6 Å². The van der Waals surface area contributed by atoms with Crippen LogP contribution in [0.25, 0.3) is 0 Å². The fourth-order valence-corrected chi connectivity index (χ4v) is 2.13. The molecule has 0 atom stereocenters. The highest BCUT2D eigenvalue weighted by Crippen LogP contribution is 2.29. The summed E-state index contributed by atoms with van der Waals surface area (Å²) in [6, 6.07) is 4.49. The van der Waals surface area contributed by atoms with Gasteiger partial charge in [-0.05, 0) is 34.1 Å². The van der Waals surface area contributed by atoms with E-state index < -0.39 is 11.6 Å². The number of hydrogen-bond acceptors (Lipinski definition) is 2. The Kier molecular flexibility index (Phi) is 3.88. The largest absolute Gasteiger partial charge is 0.469 e. The number of benzene rings is 1. The first-order valence-corrected chi connectivity index (χ1v) is 6.48. The number of aryl methyl sites for hydroxylation is 1. The third kappa shape index (κ3) is 2.22. The van der Waals surface area contributed by atoms with Crippen LogP contribution in [-0.4, -0.2) is 5.78 Å². The highest BCUT2D eigenvalue weighted by molar-refractivity contribution is 9.10. The monoisotopic (exact) mass is 330 g/mol. The minimum atomic E-state index is -0.723. The van der Waals surface area contributed by atoms with Crippen molar-refractivity contribution in [3.8, 4) is 0 Å². The Balaban J connectivity index is 2.50. The van der Waals surface area contributed by atoms with E-state index in [9.17, 15) is 9.18 Å². The highest BCUT2D eigenvalue weighted by Gasteiger charge is 2.21. The number of carbonyl (C=O) groups excluding carboxylic acids is 1. The Morgan fingerprint density at radius 3 is 2.78 bits per heavy atom. The summed E-state index contributed by atoms with van der Waals surface area (Å²) in [5.74, 6) is -0.606. The summed E-state index contributed by atoms with van der Waals surface area (Å²) in [6.45, 7) is 1.86. The first-order chi connectivity index (χ1) is 8.56. The van der Waals surface area contributed by atoms with Crippen molar-refractivity contribution in [1.82, 2.24) is 0 Å². The van der Waals surface area contributed by atoms with Crippen molar-refractivity contribution in [2.75, 3.05) is 0 Å². The molecule has 0 aliphatic rings. The van der Waals surface area contributed by atoms with E-state index in [4.69, 9.17) is 16.0 Å². The van der Waals surface area contributed by atoms with Gasteiger partial charge < -0.3 is 4.42 Å². The fraction of sp³-hybridized carbons (Fsp3) is 0.154. The number of rotatable bonds is 3. The molecule has 1 heterocycles. The van der Waals surface area contributed by atoms with Crippen LogP contribution < -0.4 is 0 Å². The van der Waals surface area contributed by atoms with Crippen LogP contribution in [0.5, 0.6) is 0 Å². The van der Waals surface area contributed by atoms with Gasteiger partial charge in [-0.2, -0.15) is 0 Å². The molecule has 0 saturated heterocycles. The second kappa shape index (κ2) is 5.24. The Morgan fingerprint density at radius 1 is 1.39 bits per heavy atom. The second-order valence-electron chi connectivity index (χ2n) is 3.66. The molecule has 0 aliphatic carbocycles. The highest BCUT2D eigenvalue weighted by atomic mass is 79.9. The molecule has 0 radical (unpaired) electrons. The average Bonchev–Trinajstić information content (AvgIpc) is 2.83. The number of halogens is 3. The topological polar surface area (TPSA) is 30.2 Å². The molecule has 0 aliphatic heterocycles. The number of hydrogen-bond donors (Lipinski definition) is 0. The molecule has 0 saturated carbocycles. The van der Waals surface area contributed by atoms with Crippen LogP contribution in [0.4, 0.5) is 4.39 Å². The normalized spacial score (nSPS) is 10.7. The maximum atomic E-state index is 13.9. The van der Waals surface area contributed by atoms with Crippen molar-refractivity contribution >= 4 is 33.3 Å². The van der Waals surface area contributed by atoms with Crippen LogP contribution in [-0.2, 0) is 6.42 Å². The van der Waals surface area contributed by atoms with Gasteiger partial charge in [0.25, 0.3) is 0 Å². The predicted molar refractivity (Wildman–Crippen MR) is 70.6 cm³/mol. The maximum Gasteiger partial charge on any atom is 0.199 e. The molecule has 2 aromatic rings. The maximum absolute atomic E-state index is 13.9. The molecule has 1 aromatic carbocycles. The van der Waals surface area contributed by atoms with Crippen molar-refractivity contribution in [3.63, 3.8) is 0 Å². The molecule has 0 bridgehead atoms. The van der Waals surface area contributed by atoms with Crippen molar-refractivity contribution in [2.45, 2.75) is 13.3 Å². The molecular formula is C13H9BrClFO2. The zero-order chi connectivity index (χ0) is 13.3. The molecule has 2 rings (SSSR count). The Morgan fingerprint density at radius 2 is 2.11 bits per heavy atom. The summed E-state index contributed by atoms with van der Waals surface area (Å²) in [6.07, 6.45) is 1.99. The van der Waals surface area contributed by atoms with E-state index in [1.165, 1.54) is 18.4 Å². The lowest BCUT2D eigenvalue weighted by Crippen LogP contribution is -2.06. The predicted octanol–water partition coefficient (Wildman–Crippen LogP) is 4.63. The molecule has 0 N–H and O–H groups in total. The smallest absolute Gasteiger partial charge is 0.199 e. The first kappa shape index (κ1) is 13.3. The molecule has 94 valence electrons. The summed E-state index contributed by atoms with van der Waals surface area (Å²) in [7, 11) is 0. The van der Waals surface area contributed by atoms with Crippen molar-refractivity contribution in [2.24, 2.45) is 0 Å². The van der Waals surface area contributed by atoms with E-state index in [0.717, 1.165) is 0 Å². The average molecular weight is 332 g/mol. The van der Waals surface area contributed by atoms with Crippen LogP contribution >= 0.6 is 27.5 Å². The lowest BCUT2D eigenvalue weighted by atomic mass is 10.0. The third-order valence-corrected chi connectivity index (χ3v) is 3.85. The number of furan rings is 1. The zero-order valence-electron chi connectivity index (χ0n) is 9.47. The Labute approximate surface area is 117 Å². The summed E-state index contributed by atoms with van der Waals surface area (Å²) < 4.78 is 19.5. The van der Waals surface area contributed by atoms with Crippen LogP contribution in [0.2, 0.25) is 5.02 Å². The summed E-state index contributed by atoms with van der Waals surface area (Å²) in [5, 5.41) is -0.0950. The van der Waals surface area contributed by atoms with Crippen LogP contribution in [0.1, 0.15) is 28.6 Å². The van der Waals surface area contributed by atoms with E-state index >= 15 is 0 Å². The van der Waals surface area contributed by atoms with Gasteiger partial charge in [0.2, 0.25) is 0 Å². The third-order valence-electron chi connectivity index (χ3n) is 2.59. The van der Waals surface area contributed by atoms with E-state index in [-0.39, 0.29) is 10.6 Å². The van der Waals surface area contributed by atoms with Crippen LogP contribution in [0, 0.1) is 5.82 Å². The van der Waals surface area contributed by atoms with Gasteiger partial charge in [0.1, 0.15) is 5.76 Å². The second-order valence-corrected chi connectivity index (χ2v) is 4.90. The SMILES string of the molecule is CCc1occc1C(=O)c1ccc(Br)c(Cl)c1F. The van der Waals surface area contributed by atoms with E-state index in [1.54, 1.807) is 6.07 Å². The van der Waals surface area contributed by atoms with Gasteiger partial charge in [-0.3, -0.25) is 4.79 Å². The van der Waals surface area contributed by atoms with Gasteiger partial charge in [0.15, 0.2) is 11.6 Å². The van der Waals surface area contributed by atoms with Gasteiger partial charge in [-0.1, -0.05) is 18.5 Å². The minimum Gasteiger partial charge on any atom is -0.469 e. The zero-order valence-corrected chi connectivity index (χ0v) is 11.8. The van der Waals surface area contributed by atoms with E-state index in [1.807, 2.05) is 6.92 Å². The quantitative estimate of drug-likeness (QED) is 0.606. The number of ketones is 1.